The van der Waals surface area contributed by atoms with Crippen molar-refractivity contribution in [3.63, 3.8) is 0 Å². The molecule has 2 aromatic carbocycles. The average molecular weight is 452 g/mol. The number of halogens is 3. The van der Waals surface area contributed by atoms with Crippen molar-refractivity contribution in [1.82, 2.24) is 9.80 Å². The molecule has 4 amide bonds. The molecule has 0 aromatic heterocycles. The fourth-order valence-corrected chi connectivity index (χ4v) is 5.08. The number of nitrogens with zero attached hydrogens (tertiary/aromatic N) is 4. The minimum absolute atomic E-state index is 0.248. The highest BCUT2D eigenvalue weighted by Crippen LogP contribution is 2.43. The van der Waals surface area contributed by atoms with Gasteiger partial charge in [0.25, 0.3) is 11.8 Å². The van der Waals surface area contributed by atoms with E-state index in [0.29, 0.717) is 18.1 Å². The monoisotopic (exact) mass is 452 g/mol. The van der Waals surface area contributed by atoms with Crippen molar-refractivity contribution in [3.05, 3.63) is 59.2 Å². The van der Waals surface area contributed by atoms with Crippen LogP contribution in [0, 0.1) is 11.3 Å². The summed E-state index contributed by atoms with van der Waals surface area (Å²) in [6.45, 7) is 0.252. The summed E-state index contributed by atoms with van der Waals surface area (Å²) in [5, 5.41) is 9.00. The highest BCUT2D eigenvalue weighted by atomic mass is 19.4. The summed E-state index contributed by atoms with van der Waals surface area (Å²) >= 11 is 0. The van der Waals surface area contributed by atoms with Crippen LogP contribution in [-0.4, -0.2) is 60.2 Å². The number of urea groups is 1. The van der Waals surface area contributed by atoms with Crippen LogP contribution in [0.4, 0.5) is 23.7 Å². The van der Waals surface area contributed by atoms with Gasteiger partial charge in [-0.05, 0) is 30.7 Å². The number of hydrogen-bond acceptors (Lipinski definition) is 4. The maximum atomic E-state index is 13.4. The number of alkyl halides is 3. The van der Waals surface area contributed by atoms with Crippen molar-refractivity contribution in [1.29, 1.82) is 5.26 Å². The molecular weight excluding hydrogens is 436 g/mol. The van der Waals surface area contributed by atoms with Gasteiger partial charge in [0.05, 0.1) is 35.0 Å². The number of rotatable bonds is 2. The second-order valence-electron chi connectivity index (χ2n) is 8.43. The Kier molecular flexibility index (Phi) is 4.53. The SMILES string of the molecule is Bc1cccc(C(=O)N2C[C@H]3CC2[C@H]2C(=O)N(c4ccc(C#N)c(C(F)(F)F)c4)C(=O)N32)c1. The number of carbonyl (C=O) groups excluding carboxylic acids is 3. The highest BCUT2D eigenvalue weighted by Gasteiger charge is 2.63. The molecule has 3 aliphatic heterocycles. The van der Waals surface area contributed by atoms with Gasteiger partial charge >= 0.3 is 12.2 Å². The minimum atomic E-state index is -4.82. The summed E-state index contributed by atoms with van der Waals surface area (Å²) in [5.74, 6) is -0.922. The lowest BCUT2D eigenvalue weighted by Gasteiger charge is -2.35. The lowest BCUT2D eigenvalue weighted by molar-refractivity contribution is -0.137. The van der Waals surface area contributed by atoms with Gasteiger partial charge in [-0.25, -0.2) is 9.69 Å². The molecule has 5 rings (SSSR count). The highest BCUT2D eigenvalue weighted by molar-refractivity contribution is 6.32. The van der Waals surface area contributed by atoms with Gasteiger partial charge in [0.15, 0.2) is 0 Å². The molecule has 1 unspecified atom stereocenters. The number of nitriles is 1. The summed E-state index contributed by atoms with van der Waals surface area (Å²) in [7, 11) is 1.86. The summed E-state index contributed by atoms with van der Waals surface area (Å²) < 4.78 is 40.2. The molecule has 0 spiro atoms. The molecule has 0 radical (unpaired) electrons. The van der Waals surface area contributed by atoms with Crippen LogP contribution in [-0.2, 0) is 11.0 Å². The van der Waals surface area contributed by atoms with Crippen molar-refractivity contribution in [2.24, 2.45) is 0 Å². The van der Waals surface area contributed by atoms with Gasteiger partial charge in [0.1, 0.15) is 13.9 Å². The molecule has 3 aliphatic rings. The molecule has 3 fully saturated rings. The third-order valence-electron chi connectivity index (χ3n) is 6.48. The van der Waals surface area contributed by atoms with E-state index < -0.39 is 47.4 Å². The molecular formula is C22H16BF3N4O3. The average Bonchev–Trinajstić information content (AvgIpc) is 3.43. The third-order valence-corrected chi connectivity index (χ3v) is 6.48. The first kappa shape index (κ1) is 21.1. The number of fused-ring (bicyclic) bond motifs is 5. The predicted octanol–water partition coefficient (Wildman–Crippen LogP) is 1.27. The van der Waals surface area contributed by atoms with E-state index in [1.165, 1.54) is 11.0 Å². The predicted molar refractivity (Wildman–Crippen MR) is 113 cm³/mol. The van der Waals surface area contributed by atoms with Crippen molar-refractivity contribution < 1.29 is 27.6 Å². The van der Waals surface area contributed by atoms with E-state index in [-0.39, 0.29) is 18.1 Å². The van der Waals surface area contributed by atoms with Crippen LogP contribution in [0.2, 0.25) is 0 Å². The Hall–Kier alpha value is -3.81. The number of anilines is 1. The largest absolute Gasteiger partial charge is 0.417 e. The van der Waals surface area contributed by atoms with Gasteiger partial charge in [0.2, 0.25) is 0 Å². The van der Waals surface area contributed by atoms with Crippen LogP contribution in [0.15, 0.2) is 42.5 Å². The fraction of sp³-hybridized carbons (Fsp3) is 0.273. The Bertz CT molecular complexity index is 1260. The molecule has 2 aromatic rings. The summed E-state index contributed by atoms with van der Waals surface area (Å²) in [6, 6.07) is 8.68. The molecule has 0 N–H and O–H groups in total. The van der Waals surface area contributed by atoms with Gasteiger partial charge in [-0.3, -0.25) is 9.59 Å². The maximum absolute atomic E-state index is 13.4. The van der Waals surface area contributed by atoms with Crippen molar-refractivity contribution in [3.8, 4) is 6.07 Å². The molecule has 11 heteroatoms. The Morgan fingerprint density at radius 1 is 1.15 bits per heavy atom. The molecule has 3 atom stereocenters. The zero-order chi connectivity index (χ0) is 23.7. The summed E-state index contributed by atoms with van der Waals surface area (Å²) in [6.07, 6.45) is -4.38. The van der Waals surface area contributed by atoms with Crippen molar-refractivity contribution in [2.75, 3.05) is 11.4 Å². The zero-order valence-corrected chi connectivity index (χ0v) is 17.3. The zero-order valence-electron chi connectivity index (χ0n) is 17.3. The molecule has 166 valence electrons. The van der Waals surface area contributed by atoms with Crippen LogP contribution >= 0.6 is 0 Å². The molecule has 2 bridgehead atoms. The lowest BCUT2D eigenvalue weighted by Crippen LogP contribution is -2.54. The Balaban J connectivity index is 1.47. The normalized spacial score (nSPS) is 23.8. The van der Waals surface area contributed by atoms with E-state index in [0.717, 1.165) is 22.5 Å². The number of piperazine rings is 1. The minimum Gasteiger partial charge on any atom is -0.331 e. The van der Waals surface area contributed by atoms with Crippen LogP contribution in [0.3, 0.4) is 0 Å². The van der Waals surface area contributed by atoms with Crippen LogP contribution in [0.25, 0.3) is 0 Å². The number of amides is 4. The third kappa shape index (κ3) is 3.08. The quantitative estimate of drug-likeness (QED) is 0.508. The fourth-order valence-electron chi connectivity index (χ4n) is 5.08. The number of hydrogen-bond donors (Lipinski definition) is 0. The maximum Gasteiger partial charge on any atom is 0.417 e. The van der Waals surface area contributed by atoms with E-state index >= 15 is 0 Å². The molecule has 3 saturated heterocycles. The number of benzene rings is 2. The Labute approximate surface area is 187 Å². The van der Waals surface area contributed by atoms with E-state index in [9.17, 15) is 27.6 Å². The standard InChI is InChI=1S/C22H16BF3N4O3/c23-13-3-1-2-11(6-13)19(31)28-10-15-8-17(28)18-20(32)30(21(33)29(15)18)14-5-4-12(9-27)16(7-14)22(24,25)26/h1-7,15,17-18H,8,10,23H2/t15-,17?,18+/m1/s1. The molecule has 7 nitrogen and oxygen atoms in total. The van der Waals surface area contributed by atoms with E-state index in [2.05, 4.69) is 0 Å². The van der Waals surface area contributed by atoms with Gasteiger partial charge in [-0.15, -0.1) is 0 Å². The van der Waals surface area contributed by atoms with Crippen LogP contribution in [0.1, 0.15) is 27.9 Å². The lowest BCUT2D eigenvalue weighted by atomic mass is 9.94. The second-order valence-corrected chi connectivity index (χ2v) is 8.43. The number of likely N-dealkylation sites (tertiary alicyclic amines) is 1. The first-order valence-electron chi connectivity index (χ1n) is 10.3. The topological polar surface area (TPSA) is 84.7 Å². The smallest absolute Gasteiger partial charge is 0.331 e. The van der Waals surface area contributed by atoms with Gasteiger partial charge in [0, 0.05) is 12.1 Å². The molecule has 0 saturated carbocycles. The summed E-state index contributed by atoms with van der Waals surface area (Å²) in [5.41, 5.74) is -0.673. The van der Waals surface area contributed by atoms with E-state index in [1.54, 1.807) is 23.1 Å². The number of imide groups is 1. The molecule has 3 heterocycles. The van der Waals surface area contributed by atoms with Gasteiger partial charge in [-0.2, -0.15) is 18.4 Å². The number of carbonyl (C=O) groups is 3. The second kappa shape index (κ2) is 7.10. The van der Waals surface area contributed by atoms with Crippen molar-refractivity contribution in [2.45, 2.75) is 30.7 Å². The van der Waals surface area contributed by atoms with E-state index in [1.807, 2.05) is 13.9 Å². The van der Waals surface area contributed by atoms with Crippen molar-refractivity contribution >= 4 is 36.8 Å². The van der Waals surface area contributed by atoms with Crippen LogP contribution in [0.5, 0.6) is 0 Å². The van der Waals surface area contributed by atoms with E-state index in [4.69, 9.17) is 5.26 Å². The van der Waals surface area contributed by atoms with Crippen LogP contribution < -0.4 is 10.4 Å². The molecule has 0 aliphatic carbocycles. The van der Waals surface area contributed by atoms with Gasteiger partial charge in [-0.1, -0.05) is 23.7 Å². The summed E-state index contributed by atoms with van der Waals surface area (Å²) in [4.78, 5) is 43.1. The first-order chi connectivity index (χ1) is 15.6. The van der Waals surface area contributed by atoms with Gasteiger partial charge < -0.3 is 9.80 Å². The Morgan fingerprint density at radius 3 is 2.58 bits per heavy atom. The first-order valence-corrected chi connectivity index (χ1v) is 10.3. The Morgan fingerprint density at radius 2 is 1.91 bits per heavy atom. The molecule has 33 heavy (non-hydrogen) atoms.